The largest absolute Gasteiger partial charge is 0.392 e. The Morgan fingerprint density at radius 1 is 0.812 bits per heavy atom. The number of hydrogen-bond donors (Lipinski definition) is 1. The molecule has 0 spiro atoms. The maximum atomic E-state index is 8.94. The zero-order valence-corrected chi connectivity index (χ0v) is 8.77. The molecule has 0 saturated heterocycles. The lowest BCUT2D eigenvalue weighted by molar-refractivity contribution is 0.282. The number of aliphatic hydroxyl groups is 1. The molecule has 0 bridgehead atoms. The predicted octanol–water partition coefficient (Wildman–Crippen LogP) is 3.79. The van der Waals surface area contributed by atoms with E-state index in [0.717, 1.165) is 5.56 Å². The van der Waals surface area contributed by atoms with E-state index in [2.05, 4.69) is 31.2 Å². The Bertz CT molecular complexity index is 426. The molecule has 2 rings (SSSR count). The minimum atomic E-state index is 0. The van der Waals surface area contributed by atoms with Gasteiger partial charge in [-0.1, -0.05) is 61.5 Å². The van der Waals surface area contributed by atoms with Crippen molar-refractivity contribution in [2.24, 2.45) is 0 Å². The molecule has 0 saturated carbocycles. The van der Waals surface area contributed by atoms with Crippen LogP contribution in [0.4, 0.5) is 0 Å². The Kier molecular flexibility index (Phi) is 4.27. The molecule has 0 heterocycles. The van der Waals surface area contributed by atoms with Gasteiger partial charge in [-0.25, -0.2) is 0 Å². The summed E-state index contributed by atoms with van der Waals surface area (Å²) in [4.78, 5) is 0. The first-order valence-corrected chi connectivity index (χ1v) is 5.06. The van der Waals surface area contributed by atoms with Crippen LogP contribution in [0.1, 0.15) is 18.6 Å². The van der Waals surface area contributed by atoms with Crippen molar-refractivity contribution in [2.75, 3.05) is 0 Å². The van der Waals surface area contributed by atoms with E-state index in [9.17, 15) is 0 Å². The number of benzene rings is 2. The molecule has 1 N–H and O–H groups in total. The Labute approximate surface area is 97.4 Å². The fourth-order valence-corrected chi connectivity index (χ4v) is 1.55. The highest BCUT2D eigenvalue weighted by Crippen LogP contribution is 2.20. The first-order chi connectivity index (χ1) is 7.29. The van der Waals surface area contributed by atoms with Crippen molar-refractivity contribution in [3.63, 3.8) is 0 Å². The van der Waals surface area contributed by atoms with E-state index in [-0.39, 0.29) is 14.0 Å². The number of aryl methyl sites for hydroxylation is 1. The molecule has 0 unspecified atom stereocenters. The van der Waals surface area contributed by atoms with Gasteiger partial charge in [0.2, 0.25) is 0 Å². The highest BCUT2D eigenvalue weighted by Gasteiger charge is 1.96. The van der Waals surface area contributed by atoms with Gasteiger partial charge in [0.15, 0.2) is 0 Å². The van der Waals surface area contributed by atoms with E-state index in [1.165, 1.54) is 16.7 Å². The quantitative estimate of drug-likeness (QED) is 0.806. The zero-order valence-electron chi connectivity index (χ0n) is 8.77. The lowest BCUT2D eigenvalue weighted by atomic mass is 10.0. The molecular formula is C15H18O. The molecule has 0 aromatic heterocycles. The van der Waals surface area contributed by atoms with Crippen molar-refractivity contribution < 1.29 is 5.11 Å². The standard InChI is InChI=1S/C14H14O.CH4/c1-11-2-6-13(7-3-11)14-8-4-12(10-15)5-9-14;/h2-9,15H,10H2,1H3;1H4. The van der Waals surface area contributed by atoms with Gasteiger partial charge in [0.25, 0.3) is 0 Å². The van der Waals surface area contributed by atoms with Crippen LogP contribution in [-0.2, 0) is 6.61 Å². The average Bonchev–Trinajstić information content (AvgIpc) is 2.30. The SMILES string of the molecule is C.Cc1ccc(-c2ccc(CO)cc2)cc1. The molecule has 1 heteroatoms. The summed E-state index contributed by atoms with van der Waals surface area (Å²) in [5.41, 5.74) is 4.62. The van der Waals surface area contributed by atoms with Gasteiger partial charge in [-0.3, -0.25) is 0 Å². The summed E-state index contributed by atoms with van der Waals surface area (Å²) in [7, 11) is 0. The highest BCUT2D eigenvalue weighted by atomic mass is 16.3. The number of aliphatic hydroxyl groups excluding tert-OH is 1. The van der Waals surface area contributed by atoms with Gasteiger partial charge in [0.1, 0.15) is 0 Å². The second kappa shape index (κ2) is 5.47. The Morgan fingerprint density at radius 2 is 1.25 bits per heavy atom. The van der Waals surface area contributed by atoms with Crippen LogP contribution >= 0.6 is 0 Å². The smallest absolute Gasteiger partial charge is 0.0681 e. The maximum Gasteiger partial charge on any atom is 0.0681 e. The molecule has 0 radical (unpaired) electrons. The van der Waals surface area contributed by atoms with Crippen LogP contribution in [0.5, 0.6) is 0 Å². The maximum absolute atomic E-state index is 8.94. The normalized spacial score (nSPS) is 9.62. The third kappa shape index (κ3) is 2.71. The molecule has 16 heavy (non-hydrogen) atoms. The monoisotopic (exact) mass is 214 g/mol. The van der Waals surface area contributed by atoms with Crippen molar-refractivity contribution in [1.29, 1.82) is 0 Å². The lowest BCUT2D eigenvalue weighted by Crippen LogP contribution is -1.83. The second-order valence-corrected chi connectivity index (χ2v) is 3.72. The average molecular weight is 214 g/mol. The molecule has 0 aliphatic heterocycles. The summed E-state index contributed by atoms with van der Waals surface area (Å²) >= 11 is 0. The van der Waals surface area contributed by atoms with Crippen molar-refractivity contribution in [3.8, 4) is 11.1 Å². The van der Waals surface area contributed by atoms with Crippen molar-refractivity contribution in [2.45, 2.75) is 21.0 Å². The van der Waals surface area contributed by atoms with E-state index < -0.39 is 0 Å². The van der Waals surface area contributed by atoms with Gasteiger partial charge in [-0.15, -0.1) is 0 Å². The second-order valence-electron chi connectivity index (χ2n) is 3.72. The first-order valence-electron chi connectivity index (χ1n) is 5.06. The Morgan fingerprint density at radius 3 is 1.69 bits per heavy atom. The lowest BCUT2D eigenvalue weighted by Gasteiger charge is -2.03. The predicted molar refractivity (Wildman–Crippen MR) is 69.3 cm³/mol. The Hall–Kier alpha value is -1.60. The van der Waals surface area contributed by atoms with Crippen LogP contribution in [0, 0.1) is 6.92 Å². The van der Waals surface area contributed by atoms with Crippen LogP contribution in [0.2, 0.25) is 0 Å². The van der Waals surface area contributed by atoms with Gasteiger partial charge < -0.3 is 5.11 Å². The Balaban J connectivity index is 0.00000128. The molecule has 0 aliphatic rings. The van der Waals surface area contributed by atoms with E-state index in [4.69, 9.17) is 5.11 Å². The van der Waals surface area contributed by atoms with Crippen LogP contribution < -0.4 is 0 Å². The van der Waals surface area contributed by atoms with Gasteiger partial charge in [-0.2, -0.15) is 0 Å². The van der Waals surface area contributed by atoms with E-state index in [1.54, 1.807) is 0 Å². The third-order valence-corrected chi connectivity index (χ3v) is 2.52. The summed E-state index contributed by atoms with van der Waals surface area (Å²) in [5.74, 6) is 0. The van der Waals surface area contributed by atoms with Gasteiger partial charge in [-0.05, 0) is 23.6 Å². The minimum Gasteiger partial charge on any atom is -0.392 e. The van der Waals surface area contributed by atoms with Gasteiger partial charge in [0, 0.05) is 0 Å². The highest BCUT2D eigenvalue weighted by molar-refractivity contribution is 5.63. The van der Waals surface area contributed by atoms with E-state index >= 15 is 0 Å². The van der Waals surface area contributed by atoms with Crippen LogP contribution in [0.15, 0.2) is 48.5 Å². The molecule has 2 aromatic carbocycles. The summed E-state index contributed by atoms with van der Waals surface area (Å²) in [5, 5.41) is 8.94. The van der Waals surface area contributed by atoms with Crippen LogP contribution in [-0.4, -0.2) is 5.11 Å². The molecular weight excluding hydrogens is 196 g/mol. The molecule has 84 valence electrons. The molecule has 0 atom stereocenters. The van der Waals surface area contributed by atoms with Crippen LogP contribution in [0.25, 0.3) is 11.1 Å². The van der Waals surface area contributed by atoms with Crippen molar-refractivity contribution in [3.05, 3.63) is 59.7 Å². The van der Waals surface area contributed by atoms with Gasteiger partial charge in [0.05, 0.1) is 6.61 Å². The van der Waals surface area contributed by atoms with Crippen LogP contribution in [0.3, 0.4) is 0 Å². The summed E-state index contributed by atoms with van der Waals surface area (Å²) in [6, 6.07) is 16.4. The molecule has 0 amide bonds. The van der Waals surface area contributed by atoms with Gasteiger partial charge >= 0.3 is 0 Å². The molecule has 0 fully saturated rings. The van der Waals surface area contributed by atoms with Crippen molar-refractivity contribution in [1.82, 2.24) is 0 Å². The molecule has 1 nitrogen and oxygen atoms in total. The first kappa shape index (κ1) is 12.5. The third-order valence-electron chi connectivity index (χ3n) is 2.52. The van der Waals surface area contributed by atoms with Crippen molar-refractivity contribution >= 4 is 0 Å². The molecule has 2 aromatic rings. The fraction of sp³-hybridized carbons (Fsp3) is 0.200. The summed E-state index contributed by atoms with van der Waals surface area (Å²) in [6.07, 6.45) is 0. The zero-order chi connectivity index (χ0) is 10.7. The van der Waals surface area contributed by atoms with E-state index in [1.807, 2.05) is 24.3 Å². The summed E-state index contributed by atoms with van der Waals surface area (Å²) < 4.78 is 0. The topological polar surface area (TPSA) is 20.2 Å². The summed E-state index contributed by atoms with van der Waals surface area (Å²) in [6.45, 7) is 2.19. The fourth-order valence-electron chi connectivity index (χ4n) is 1.55. The minimum absolute atomic E-state index is 0. The molecule has 0 aliphatic carbocycles. The number of hydrogen-bond acceptors (Lipinski definition) is 1. The number of rotatable bonds is 2. The van der Waals surface area contributed by atoms with E-state index in [0.29, 0.717) is 0 Å².